The standard InChI is InChI=1S/C15H22O5/c1-3-12(16)6-4-5-9-20-13-8-7-11(15(17)18)10-14(13)19-2/h7-8,10,12,16H,3-6,9H2,1-2H3,(H,17,18). The van der Waals surface area contributed by atoms with Crippen molar-refractivity contribution < 1.29 is 24.5 Å². The maximum atomic E-state index is 10.9. The molecule has 0 amide bonds. The SMILES string of the molecule is CCC(O)CCCCOc1ccc(C(=O)O)cc1OC. The number of unbranched alkanes of at least 4 members (excludes halogenated alkanes) is 1. The molecule has 5 heteroatoms. The topological polar surface area (TPSA) is 76.0 Å². The van der Waals surface area contributed by atoms with Gasteiger partial charge in [0.2, 0.25) is 0 Å². The first-order chi connectivity index (χ1) is 9.58. The van der Waals surface area contributed by atoms with Gasteiger partial charge in [0.05, 0.1) is 25.4 Å². The van der Waals surface area contributed by atoms with Crippen molar-refractivity contribution >= 4 is 5.97 Å². The molecule has 1 atom stereocenters. The van der Waals surface area contributed by atoms with E-state index in [1.54, 1.807) is 6.07 Å². The van der Waals surface area contributed by atoms with Crippen LogP contribution < -0.4 is 9.47 Å². The Morgan fingerprint density at radius 3 is 2.65 bits per heavy atom. The molecule has 0 aliphatic carbocycles. The van der Waals surface area contributed by atoms with E-state index in [0.29, 0.717) is 18.1 Å². The van der Waals surface area contributed by atoms with Crippen LogP contribution in [0.25, 0.3) is 0 Å². The normalized spacial score (nSPS) is 11.9. The predicted octanol–water partition coefficient (Wildman–Crippen LogP) is 2.71. The average Bonchev–Trinajstić information content (AvgIpc) is 2.46. The number of aliphatic hydroxyl groups excluding tert-OH is 1. The molecule has 0 aliphatic rings. The average molecular weight is 282 g/mol. The summed E-state index contributed by atoms with van der Waals surface area (Å²) < 4.78 is 10.7. The van der Waals surface area contributed by atoms with E-state index in [1.807, 2.05) is 6.92 Å². The van der Waals surface area contributed by atoms with Crippen LogP contribution in [0.2, 0.25) is 0 Å². The Morgan fingerprint density at radius 1 is 1.30 bits per heavy atom. The van der Waals surface area contributed by atoms with Crippen molar-refractivity contribution in [2.75, 3.05) is 13.7 Å². The molecule has 0 fully saturated rings. The van der Waals surface area contributed by atoms with Crippen molar-refractivity contribution in [3.8, 4) is 11.5 Å². The van der Waals surface area contributed by atoms with Gasteiger partial charge in [-0.15, -0.1) is 0 Å². The lowest BCUT2D eigenvalue weighted by molar-refractivity contribution is 0.0696. The summed E-state index contributed by atoms with van der Waals surface area (Å²) in [5.41, 5.74) is 0.167. The quantitative estimate of drug-likeness (QED) is 0.681. The Hall–Kier alpha value is -1.75. The highest BCUT2D eigenvalue weighted by Gasteiger charge is 2.10. The number of aliphatic hydroxyl groups is 1. The molecule has 1 aromatic rings. The number of ether oxygens (including phenoxy) is 2. The minimum atomic E-state index is -0.997. The van der Waals surface area contributed by atoms with Gasteiger partial charge >= 0.3 is 5.97 Å². The molecule has 1 unspecified atom stereocenters. The lowest BCUT2D eigenvalue weighted by Crippen LogP contribution is -2.06. The summed E-state index contributed by atoms with van der Waals surface area (Å²) in [4.78, 5) is 10.9. The summed E-state index contributed by atoms with van der Waals surface area (Å²) in [5, 5.41) is 18.3. The second-order valence-electron chi connectivity index (χ2n) is 4.58. The fraction of sp³-hybridized carbons (Fsp3) is 0.533. The Bertz CT molecular complexity index is 430. The maximum absolute atomic E-state index is 10.9. The van der Waals surface area contributed by atoms with E-state index in [1.165, 1.54) is 19.2 Å². The zero-order valence-electron chi connectivity index (χ0n) is 12.0. The number of hydrogen-bond acceptors (Lipinski definition) is 4. The fourth-order valence-electron chi connectivity index (χ4n) is 1.79. The number of carboxylic acid groups (broad SMARTS) is 1. The highest BCUT2D eigenvalue weighted by molar-refractivity contribution is 5.88. The van der Waals surface area contributed by atoms with Crippen molar-refractivity contribution in [3.63, 3.8) is 0 Å². The van der Waals surface area contributed by atoms with Crippen molar-refractivity contribution in [2.45, 2.75) is 38.7 Å². The van der Waals surface area contributed by atoms with Gasteiger partial charge in [0.15, 0.2) is 11.5 Å². The van der Waals surface area contributed by atoms with Crippen LogP contribution in [-0.2, 0) is 0 Å². The molecule has 5 nitrogen and oxygen atoms in total. The van der Waals surface area contributed by atoms with Crippen LogP contribution in [0.3, 0.4) is 0 Å². The van der Waals surface area contributed by atoms with E-state index in [2.05, 4.69) is 0 Å². The molecule has 0 radical (unpaired) electrons. The smallest absolute Gasteiger partial charge is 0.335 e. The van der Waals surface area contributed by atoms with Crippen LogP contribution in [-0.4, -0.2) is 36.0 Å². The molecule has 0 aliphatic heterocycles. The molecule has 0 aromatic heterocycles. The van der Waals surface area contributed by atoms with Crippen molar-refractivity contribution in [2.24, 2.45) is 0 Å². The molecule has 1 aromatic carbocycles. The number of benzene rings is 1. The third-order valence-corrected chi connectivity index (χ3v) is 3.07. The number of hydrogen-bond donors (Lipinski definition) is 2. The number of carbonyl (C=O) groups is 1. The highest BCUT2D eigenvalue weighted by atomic mass is 16.5. The zero-order chi connectivity index (χ0) is 15.0. The summed E-state index contributed by atoms with van der Waals surface area (Å²) in [6.07, 6.45) is 3.03. The van der Waals surface area contributed by atoms with Crippen molar-refractivity contribution in [1.29, 1.82) is 0 Å². The van der Waals surface area contributed by atoms with Crippen LogP contribution in [0.1, 0.15) is 43.0 Å². The summed E-state index contributed by atoms with van der Waals surface area (Å²) in [5.74, 6) is -0.0459. The summed E-state index contributed by atoms with van der Waals surface area (Å²) >= 11 is 0. The molecule has 0 saturated carbocycles. The van der Waals surface area contributed by atoms with Crippen molar-refractivity contribution in [3.05, 3.63) is 23.8 Å². The van der Waals surface area contributed by atoms with E-state index in [-0.39, 0.29) is 11.7 Å². The molecule has 0 spiro atoms. The number of carboxylic acids is 1. The summed E-state index contributed by atoms with van der Waals surface area (Å²) in [7, 11) is 1.48. The Labute approximate surface area is 119 Å². The Kier molecular flexibility index (Phi) is 6.87. The van der Waals surface area contributed by atoms with Crippen LogP contribution in [0.15, 0.2) is 18.2 Å². The lowest BCUT2D eigenvalue weighted by atomic mass is 10.1. The lowest BCUT2D eigenvalue weighted by Gasteiger charge is -2.12. The second-order valence-corrected chi connectivity index (χ2v) is 4.58. The third kappa shape index (κ3) is 5.09. The van der Waals surface area contributed by atoms with Gasteiger partial charge in [-0.2, -0.15) is 0 Å². The minimum absolute atomic E-state index is 0.167. The molecule has 112 valence electrons. The second kappa shape index (κ2) is 8.43. The van der Waals surface area contributed by atoms with Gasteiger partial charge in [-0.05, 0) is 43.9 Å². The molecular formula is C15H22O5. The van der Waals surface area contributed by atoms with Gasteiger partial charge in [-0.25, -0.2) is 4.79 Å². The van der Waals surface area contributed by atoms with E-state index >= 15 is 0 Å². The molecule has 2 N–H and O–H groups in total. The number of methoxy groups -OCH3 is 1. The first-order valence-corrected chi connectivity index (χ1v) is 6.80. The number of aromatic carboxylic acids is 1. The Balaban J connectivity index is 2.45. The van der Waals surface area contributed by atoms with Gasteiger partial charge in [0.25, 0.3) is 0 Å². The van der Waals surface area contributed by atoms with Gasteiger partial charge in [-0.1, -0.05) is 6.92 Å². The van der Waals surface area contributed by atoms with E-state index in [9.17, 15) is 9.90 Å². The van der Waals surface area contributed by atoms with Gasteiger partial charge in [0.1, 0.15) is 0 Å². The minimum Gasteiger partial charge on any atom is -0.493 e. The fourth-order valence-corrected chi connectivity index (χ4v) is 1.79. The summed E-state index contributed by atoms with van der Waals surface area (Å²) in [6, 6.07) is 4.53. The number of rotatable bonds is 9. The first-order valence-electron chi connectivity index (χ1n) is 6.80. The monoisotopic (exact) mass is 282 g/mol. The Morgan fingerprint density at radius 2 is 2.05 bits per heavy atom. The van der Waals surface area contributed by atoms with Crippen molar-refractivity contribution in [1.82, 2.24) is 0 Å². The molecular weight excluding hydrogens is 260 g/mol. The largest absolute Gasteiger partial charge is 0.493 e. The molecule has 1 rings (SSSR count). The van der Waals surface area contributed by atoms with Gasteiger partial charge in [0, 0.05) is 0 Å². The van der Waals surface area contributed by atoms with Crippen LogP contribution in [0, 0.1) is 0 Å². The van der Waals surface area contributed by atoms with Gasteiger partial charge in [-0.3, -0.25) is 0 Å². The molecule has 0 saturated heterocycles. The molecule has 0 bridgehead atoms. The third-order valence-electron chi connectivity index (χ3n) is 3.07. The molecule has 20 heavy (non-hydrogen) atoms. The van der Waals surface area contributed by atoms with E-state index in [0.717, 1.165) is 25.7 Å². The molecule has 0 heterocycles. The predicted molar refractivity (Wildman–Crippen MR) is 75.6 cm³/mol. The van der Waals surface area contributed by atoms with Crippen LogP contribution in [0.5, 0.6) is 11.5 Å². The van der Waals surface area contributed by atoms with E-state index < -0.39 is 5.97 Å². The summed E-state index contributed by atoms with van der Waals surface area (Å²) in [6.45, 7) is 2.47. The van der Waals surface area contributed by atoms with E-state index in [4.69, 9.17) is 14.6 Å². The zero-order valence-corrected chi connectivity index (χ0v) is 12.0. The van der Waals surface area contributed by atoms with Gasteiger partial charge < -0.3 is 19.7 Å². The highest BCUT2D eigenvalue weighted by Crippen LogP contribution is 2.28. The maximum Gasteiger partial charge on any atom is 0.335 e. The van der Waals surface area contributed by atoms with Crippen LogP contribution >= 0.6 is 0 Å². The van der Waals surface area contributed by atoms with Crippen LogP contribution in [0.4, 0.5) is 0 Å². The first kappa shape index (κ1) is 16.3.